The summed E-state index contributed by atoms with van der Waals surface area (Å²) < 4.78 is 0. The first-order valence-electron chi connectivity index (χ1n) is 8.77. The summed E-state index contributed by atoms with van der Waals surface area (Å²) in [6.45, 7) is 6.45. The second-order valence-electron chi connectivity index (χ2n) is 6.44. The molecule has 3 rings (SSSR count). The zero-order valence-corrected chi connectivity index (χ0v) is 15.3. The molecule has 128 valence electrons. The summed E-state index contributed by atoms with van der Waals surface area (Å²) in [6.07, 6.45) is 5.65. The molecular formula is C19H25ClN4. The van der Waals surface area contributed by atoms with E-state index in [1.807, 2.05) is 6.92 Å². The summed E-state index contributed by atoms with van der Waals surface area (Å²) >= 11 is 6.43. The molecule has 1 aromatic heterocycles. The number of nitrogens with zero attached hydrogens (tertiary/aromatic N) is 2. The molecule has 0 amide bonds. The second kappa shape index (κ2) is 7.39. The number of hydrogen-bond donors (Lipinski definition) is 2. The number of hydrogen-bond acceptors (Lipinski definition) is 4. The van der Waals surface area contributed by atoms with Crippen molar-refractivity contribution in [1.82, 2.24) is 9.97 Å². The molecular weight excluding hydrogens is 320 g/mol. The Morgan fingerprint density at radius 3 is 2.92 bits per heavy atom. The predicted molar refractivity (Wildman–Crippen MR) is 101 cm³/mol. The number of fused-ring (bicyclic) bond motifs is 1. The van der Waals surface area contributed by atoms with Crippen LogP contribution >= 0.6 is 11.6 Å². The molecule has 0 aliphatic carbocycles. The molecule has 0 saturated heterocycles. The standard InChI is InChI=1S/C19H25ClN4/c1-4-15(24-19-18(20)16(5-2)21-11-22-19)13-8-9-17-14(10-13)7-6-12(3)23-17/h8-12,15,23H,4-7H2,1-3H3,(H,21,22,24). The van der Waals surface area contributed by atoms with Gasteiger partial charge in [0.1, 0.15) is 17.2 Å². The van der Waals surface area contributed by atoms with Gasteiger partial charge in [-0.2, -0.15) is 0 Å². The molecule has 1 aliphatic heterocycles. The number of aromatic nitrogens is 2. The lowest BCUT2D eigenvalue weighted by Crippen LogP contribution is -2.22. The van der Waals surface area contributed by atoms with Gasteiger partial charge >= 0.3 is 0 Å². The maximum Gasteiger partial charge on any atom is 0.149 e. The molecule has 2 N–H and O–H groups in total. The summed E-state index contributed by atoms with van der Waals surface area (Å²) in [4.78, 5) is 8.57. The molecule has 1 aromatic carbocycles. The van der Waals surface area contributed by atoms with Crippen molar-refractivity contribution in [3.05, 3.63) is 46.4 Å². The summed E-state index contributed by atoms with van der Waals surface area (Å²) in [5, 5.41) is 7.69. The van der Waals surface area contributed by atoms with Crippen LogP contribution in [0.5, 0.6) is 0 Å². The van der Waals surface area contributed by atoms with E-state index in [0.717, 1.165) is 30.8 Å². The van der Waals surface area contributed by atoms with Crippen LogP contribution in [0.25, 0.3) is 0 Å². The molecule has 2 atom stereocenters. The van der Waals surface area contributed by atoms with E-state index in [9.17, 15) is 0 Å². The van der Waals surface area contributed by atoms with Gasteiger partial charge in [0.05, 0.1) is 11.7 Å². The molecule has 2 unspecified atom stereocenters. The van der Waals surface area contributed by atoms with Crippen molar-refractivity contribution in [1.29, 1.82) is 0 Å². The number of anilines is 2. The first kappa shape index (κ1) is 17.0. The quantitative estimate of drug-likeness (QED) is 0.801. The average molecular weight is 345 g/mol. The third-order valence-electron chi connectivity index (χ3n) is 4.70. The third-order valence-corrected chi connectivity index (χ3v) is 5.09. The smallest absolute Gasteiger partial charge is 0.149 e. The zero-order chi connectivity index (χ0) is 17.1. The third kappa shape index (κ3) is 3.48. The van der Waals surface area contributed by atoms with Crippen LogP contribution in [-0.4, -0.2) is 16.0 Å². The van der Waals surface area contributed by atoms with Crippen LogP contribution in [-0.2, 0) is 12.8 Å². The van der Waals surface area contributed by atoms with E-state index in [0.29, 0.717) is 11.1 Å². The largest absolute Gasteiger partial charge is 0.382 e. The predicted octanol–water partition coefficient (Wildman–Crippen LogP) is 5.00. The molecule has 0 radical (unpaired) electrons. The Morgan fingerprint density at radius 2 is 2.17 bits per heavy atom. The summed E-state index contributed by atoms with van der Waals surface area (Å²) in [7, 11) is 0. The van der Waals surface area contributed by atoms with Gasteiger partial charge in [-0.1, -0.05) is 37.6 Å². The van der Waals surface area contributed by atoms with Crippen LogP contribution in [0.15, 0.2) is 24.5 Å². The van der Waals surface area contributed by atoms with Crippen LogP contribution in [0.3, 0.4) is 0 Å². The first-order valence-corrected chi connectivity index (χ1v) is 9.15. The van der Waals surface area contributed by atoms with Crippen LogP contribution in [0, 0.1) is 0 Å². The molecule has 2 heterocycles. The summed E-state index contributed by atoms with van der Waals surface area (Å²) in [6, 6.07) is 7.44. The highest BCUT2D eigenvalue weighted by Gasteiger charge is 2.18. The number of benzene rings is 1. The minimum atomic E-state index is 0.187. The van der Waals surface area contributed by atoms with Crippen molar-refractivity contribution in [2.75, 3.05) is 10.6 Å². The van der Waals surface area contributed by atoms with E-state index >= 15 is 0 Å². The normalized spacial score (nSPS) is 17.8. The Bertz CT molecular complexity index is 717. The van der Waals surface area contributed by atoms with Gasteiger partial charge in [-0.15, -0.1) is 0 Å². The van der Waals surface area contributed by atoms with E-state index in [2.05, 4.69) is 52.6 Å². The van der Waals surface area contributed by atoms with Gasteiger partial charge in [0.2, 0.25) is 0 Å². The van der Waals surface area contributed by atoms with Crippen molar-refractivity contribution >= 4 is 23.1 Å². The Labute approximate surface area is 149 Å². The Hall–Kier alpha value is -1.81. The highest BCUT2D eigenvalue weighted by atomic mass is 35.5. The highest BCUT2D eigenvalue weighted by Crippen LogP contribution is 2.32. The lowest BCUT2D eigenvalue weighted by molar-refractivity contribution is 0.676. The number of halogens is 1. The van der Waals surface area contributed by atoms with Gasteiger partial charge in [0.25, 0.3) is 0 Å². The zero-order valence-electron chi connectivity index (χ0n) is 14.6. The van der Waals surface area contributed by atoms with E-state index in [1.54, 1.807) is 6.33 Å². The van der Waals surface area contributed by atoms with Crippen LogP contribution in [0.4, 0.5) is 11.5 Å². The maximum absolute atomic E-state index is 6.43. The van der Waals surface area contributed by atoms with E-state index in [1.165, 1.54) is 23.2 Å². The first-order chi connectivity index (χ1) is 11.6. The Kier molecular flexibility index (Phi) is 5.24. The summed E-state index contributed by atoms with van der Waals surface area (Å²) in [5.74, 6) is 0.722. The van der Waals surface area contributed by atoms with Gasteiger partial charge in [0.15, 0.2) is 0 Å². The molecule has 0 spiro atoms. The van der Waals surface area contributed by atoms with E-state index < -0.39 is 0 Å². The fourth-order valence-corrected chi connectivity index (χ4v) is 3.51. The van der Waals surface area contributed by atoms with Crippen molar-refractivity contribution in [3.8, 4) is 0 Å². The minimum Gasteiger partial charge on any atom is -0.382 e. The second-order valence-corrected chi connectivity index (χ2v) is 6.82. The van der Waals surface area contributed by atoms with E-state index in [4.69, 9.17) is 11.6 Å². The number of aryl methyl sites for hydroxylation is 2. The van der Waals surface area contributed by atoms with Crippen molar-refractivity contribution in [3.63, 3.8) is 0 Å². The van der Waals surface area contributed by atoms with Crippen LogP contribution in [0.1, 0.15) is 56.5 Å². The Balaban J connectivity index is 1.85. The SMILES string of the molecule is CCc1ncnc(NC(CC)c2ccc3c(c2)CCC(C)N3)c1Cl. The molecule has 0 bridgehead atoms. The minimum absolute atomic E-state index is 0.187. The molecule has 1 aliphatic rings. The summed E-state index contributed by atoms with van der Waals surface area (Å²) in [5.41, 5.74) is 4.82. The lowest BCUT2D eigenvalue weighted by Gasteiger charge is -2.26. The lowest BCUT2D eigenvalue weighted by atomic mass is 9.94. The maximum atomic E-state index is 6.43. The number of rotatable bonds is 5. The monoisotopic (exact) mass is 344 g/mol. The molecule has 5 heteroatoms. The Morgan fingerprint density at radius 1 is 1.33 bits per heavy atom. The molecule has 0 fully saturated rings. The van der Waals surface area contributed by atoms with Crippen LogP contribution < -0.4 is 10.6 Å². The number of nitrogens with one attached hydrogen (secondary N) is 2. The van der Waals surface area contributed by atoms with E-state index in [-0.39, 0.29) is 6.04 Å². The topological polar surface area (TPSA) is 49.8 Å². The van der Waals surface area contributed by atoms with Gasteiger partial charge in [-0.05, 0) is 49.8 Å². The van der Waals surface area contributed by atoms with Gasteiger partial charge in [0, 0.05) is 11.7 Å². The van der Waals surface area contributed by atoms with Gasteiger partial charge in [-0.25, -0.2) is 9.97 Å². The van der Waals surface area contributed by atoms with Crippen molar-refractivity contribution in [2.24, 2.45) is 0 Å². The molecule has 0 saturated carbocycles. The fraction of sp³-hybridized carbons (Fsp3) is 0.474. The molecule has 24 heavy (non-hydrogen) atoms. The van der Waals surface area contributed by atoms with Crippen LogP contribution in [0.2, 0.25) is 5.02 Å². The van der Waals surface area contributed by atoms with Crippen molar-refractivity contribution < 1.29 is 0 Å². The fourth-order valence-electron chi connectivity index (χ4n) is 3.23. The van der Waals surface area contributed by atoms with Gasteiger partial charge in [-0.3, -0.25) is 0 Å². The molecule has 4 nitrogen and oxygen atoms in total. The highest BCUT2D eigenvalue weighted by molar-refractivity contribution is 6.33. The molecule has 2 aromatic rings. The average Bonchev–Trinajstić information content (AvgIpc) is 2.60. The van der Waals surface area contributed by atoms with Gasteiger partial charge < -0.3 is 10.6 Å². The van der Waals surface area contributed by atoms with Crippen molar-refractivity contribution in [2.45, 2.75) is 58.5 Å².